The number of carbonyl (C=O) groups is 2. The molecule has 0 fully saturated rings. The predicted molar refractivity (Wildman–Crippen MR) is 141 cm³/mol. The topological polar surface area (TPSA) is 86.8 Å². The molecule has 2 rings (SSSR count). The number of amides is 2. The number of anilines is 1. The maximum Gasteiger partial charge on any atom is 0.244 e. The van der Waals surface area contributed by atoms with Gasteiger partial charge in [0.05, 0.1) is 11.9 Å². The average molecular weight is 606 g/mol. The standard InChI is InChI=1S/C23H29ClIN3O4S/c1-16(22(30)26-23(2,3)4)27(14-17-7-6-8-18(24)13-17)21(29)15-28(33(5,31)32)20-11-9-19(25)10-12-20/h6-13,16H,14-15H2,1-5H3,(H,26,30)/t16-/m1/s1. The van der Waals surface area contributed by atoms with Crippen LogP contribution in [0.5, 0.6) is 0 Å². The number of nitrogens with zero attached hydrogens (tertiary/aromatic N) is 2. The van der Waals surface area contributed by atoms with Crippen molar-refractivity contribution in [3.8, 4) is 0 Å². The summed E-state index contributed by atoms with van der Waals surface area (Å²) in [5.41, 5.74) is 0.614. The molecule has 2 amide bonds. The minimum absolute atomic E-state index is 0.0996. The molecular formula is C23H29ClIN3O4S. The highest BCUT2D eigenvalue weighted by Crippen LogP contribution is 2.21. The highest BCUT2D eigenvalue weighted by molar-refractivity contribution is 14.1. The van der Waals surface area contributed by atoms with Crippen molar-refractivity contribution in [2.24, 2.45) is 0 Å². The molecule has 0 aliphatic rings. The lowest BCUT2D eigenvalue weighted by atomic mass is 10.1. The molecule has 0 radical (unpaired) electrons. The van der Waals surface area contributed by atoms with Gasteiger partial charge in [0.2, 0.25) is 21.8 Å². The lowest BCUT2D eigenvalue weighted by molar-refractivity contribution is -0.140. The minimum Gasteiger partial charge on any atom is -0.350 e. The summed E-state index contributed by atoms with van der Waals surface area (Å²) in [5, 5.41) is 3.38. The Hall–Kier alpha value is -1.85. The van der Waals surface area contributed by atoms with E-state index in [0.717, 1.165) is 19.7 Å². The van der Waals surface area contributed by atoms with Gasteiger partial charge in [0.1, 0.15) is 12.6 Å². The molecule has 0 bridgehead atoms. The van der Waals surface area contributed by atoms with Crippen LogP contribution in [0.25, 0.3) is 0 Å². The fourth-order valence-corrected chi connectivity index (χ4v) is 4.53. The van der Waals surface area contributed by atoms with Crippen LogP contribution in [0.1, 0.15) is 33.3 Å². The van der Waals surface area contributed by atoms with Crippen LogP contribution in [0.15, 0.2) is 48.5 Å². The van der Waals surface area contributed by atoms with E-state index in [9.17, 15) is 18.0 Å². The second-order valence-corrected chi connectivity index (χ2v) is 12.4. The Labute approximate surface area is 214 Å². The van der Waals surface area contributed by atoms with Crippen LogP contribution in [0.3, 0.4) is 0 Å². The van der Waals surface area contributed by atoms with Crippen molar-refractivity contribution in [3.05, 3.63) is 62.7 Å². The Morgan fingerprint density at radius 3 is 2.24 bits per heavy atom. The van der Waals surface area contributed by atoms with Gasteiger partial charge in [-0.1, -0.05) is 23.7 Å². The zero-order valence-electron chi connectivity index (χ0n) is 19.3. The van der Waals surface area contributed by atoms with E-state index in [1.165, 1.54) is 4.90 Å². The second-order valence-electron chi connectivity index (χ2n) is 8.81. The van der Waals surface area contributed by atoms with Crippen molar-refractivity contribution >= 4 is 61.7 Å². The first kappa shape index (κ1) is 27.4. The summed E-state index contributed by atoms with van der Waals surface area (Å²) in [4.78, 5) is 27.7. The van der Waals surface area contributed by atoms with Crippen LogP contribution in [0.4, 0.5) is 5.69 Å². The highest BCUT2D eigenvalue weighted by atomic mass is 127. The van der Waals surface area contributed by atoms with Gasteiger partial charge in [0, 0.05) is 20.7 Å². The SMILES string of the molecule is C[C@H](C(=O)NC(C)(C)C)N(Cc1cccc(Cl)c1)C(=O)CN(c1ccc(I)cc1)S(C)(=O)=O. The summed E-state index contributed by atoms with van der Waals surface area (Å²) < 4.78 is 27.0. The van der Waals surface area contributed by atoms with Crippen molar-refractivity contribution in [3.63, 3.8) is 0 Å². The summed E-state index contributed by atoms with van der Waals surface area (Å²) in [6.45, 7) is 6.84. The molecule has 7 nitrogen and oxygen atoms in total. The summed E-state index contributed by atoms with van der Waals surface area (Å²) in [7, 11) is -3.75. The van der Waals surface area contributed by atoms with Gasteiger partial charge in [-0.15, -0.1) is 0 Å². The molecule has 0 saturated carbocycles. The largest absolute Gasteiger partial charge is 0.350 e. The highest BCUT2D eigenvalue weighted by Gasteiger charge is 2.31. The zero-order valence-corrected chi connectivity index (χ0v) is 23.0. The van der Waals surface area contributed by atoms with E-state index in [1.54, 1.807) is 55.5 Å². The van der Waals surface area contributed by atoms with Gasteiger partial charge in [0.15, 0.2) is 0 Å². The Balaban J connectivity index is 2.39. The molecule has 1 N–H and O–H groups in total. The maximum absolute atomic E-state index is 13.4. The number of sulfonamides is 1. The van der Waals surface area contributed by atoms with Gasteiger partial charge in [-0.25, -0.2) is 8.42 Å². The van der Waals surface area contributed by atoms with E-state index in [1.807, 2.05) is 20.8 Å². The Kier molecular flexibility index (Phi) is 9.17. The van der Waals surface area contributed by atoms with Crippen LogP contribution in [0, 0.1) is 3.57 Å². The fourth-order valence-electron chi connectivity index (χ4n) is 3.11. The number of nitrogens with one attached hydrogen (secondary N) is 1. The lowest BCUT2D eigenvalue weighted by Gasteiger charge is -2.33. The average Bonchev–Trinajstić information content (AvgIpc) is 2.68. The predicted octanol–water partition coefficient (Wildman–Crippen LogP) is 4.04. The molecule has 2 aromatic rings. The third kappa shape index (κ3) is 8.46. The molecular weight excluding hydrogens is 577 g/mol. The second kappa shape index (κ2) is 11.1. The molecule has 0 heterocycles. The van der Waals surface area contributed by atoms with Crippen molar-refractivity contribution in [1.82, 2.24) is 10.2 Å². The number of carbonyl (C=O) groups excluding carboxylic acids is 2. The smallest absolute Gasteiger partial charge is 0.244 e. The van der Waals surface area contributed by atoms with E-state index in [0.29, 0.717) is 10.7 Å². The maximum atomic E-state index is 13.4. The van der Waals surface area contributed by atoms with Gasteiger partial charge in [-0.05, 0) is 92.2 Å². The molecule has 0 aliphatic carbocycles. The van der Waals surface area contributed by atoms with Gasteiger partial charge >= 0.3 is 0 Å². The van der Waals surface area contributed by atoms with Crippen LogP contribution in [0.2, 0.25) is 5.02 Å². The molecule has 10 heteroatoms. The first-order valence-electron chi connectivity index (χ1n) is 10.3. The number of hydrogen-bond acceptors (Lipinski definition) is 4. The monoisotopic (exact) mass is 605 g/mol. The number of rotatable bonds is 8. The molecule has 0 unspecified atom stereocenters. The first-order valence-corrected chi connectivity index (χ1v) is 13.6. The van der Waals surface area contributed by atoms with E-state index in [-0.39, 0.29) is 12.5 Å². The molecule has 180 valence electrons. The molecule has 0 spiro atoms. The fraction of sp³-hybridized carbons (Fsp3) is 0.391. The van der Waals surface area contributed by atoms with Crippen molar-refractivity contribution in [2.75, 3.05) is 17.1 Å². The summed E-state index contributed by atoms with van der Waals surface area (Å²) >= 11 is 8.22. The summed E-state index contributed by atoms with van der Waals surface area (Å²) in [6, 6.07) is 13.0. The van der Waals surface area contributed by atoms with Gasteiger partial charge < -0.3 is 10.2 Å². The van der Waals surface area contributed by atoms with Crippen molar-refractivity contribution in [2.45, 2.75) is 45.8 Å². The number of benzene rings is 2. The third-order valence-electron chi connectivity index (χ3n) is 4.70. The van der Waals surface area contributed by atoms with Gasteiger partial charge in [-0.3, -0.25) is 13.9 Å². The lowest BCUT2D eigenvalue weighted by Crippen LogP contribution is -2.54. The number of halogens is 2. The number of hydrogen-bond donors (Lipinski definition) is 1. The van der Waals surface area contributed by atoms with Crippen molar-refractivity contribution < 1.29 is 18.0 Å². The minimum atomic E-state index is -3.75. The third-order valence-corrected chi connectivity index (χ3v) is 6.80. The quantitative estimate of drug-likeness (QED) is 0.460. The van der Waals surface area contributed by atoms with Crippen molar-refractivity contribution in [1.29, 1.82) is 0 Å². The molecule has 0 aromatic heterocycles. The van der Waals surface area contributed by atoms with E-state index >= 15 is 0 Å². The van der Waals surface area contributed by atoms with E-state index in [4.69, 9.17) is 11.6 Å². The van der Waals surface area contributed by atoms with Crippen LogP contribution in [-0.2, 0) is 26.2 Å². The first-order chi connectivity index (χ1) is 15.2. The Morgan fingerprint density at radius 1 is 1.12 bits per heavy atom. The Morgan fingerprint density at radius 2 is 1.73 bits per heavy atom. The molecule has 0 saturated heterocycles. The van der Waals surface area contributed by atoms with E-state index in [2.05, 4.69) is 27.9 Å². The van der Waals surface area contributed by atoms with Gasteiger partial charge in [0.25, 0.3) is 0 Å². The summed E-state index contributed by atoms with van der Waals surface area (Å²) in [6.07, 6.45) is 1.05. The summed E-state index contributed by atoms with van der Waals surface area (Å²) in [5.74, 6) is -0.839. The molecule has 0 aliphatic heterocycles. The van der Waals surface area contributed by atoms with Crippen LogP contribution >= 0.6 is 34.2 Å². The van der Waals surface area contributed by atoms with Crippen LogP contribution < -0.4 is 9.62 Å². The van der Waals surface area contributed by atoms with Gasteiger partial charge in [-0.2, -0.15) is 0 Å². The molecule has 1 atom stereocenters. The zero-order chi connectivity index (χ0) is 25.0. The van der Waals surface area contributed by atoms with E-state index < -0.39 is 34.1 Å². The van der Waals surface area contributed by atoms with Crippen LogP contribution in [-0.4, -0.2) is 49.5 Å². The normalized spacial score (nSPS) is 12.7. The Bertz CT molecular complexity index is 1100. The molecule has 2 aromatic carbocycles. The molecule has 33 heavy (non-hydrogen) atoms.